The molecule has 6 nitrogen and oxygen atoms in total. The van der Waals surface area contributed by atoms with E-state index in [1.165, 1.54) is 23.9 Å². The minimum Gasteiger partial charge on any atom is -0.406 e. The van der Waals surface area contributed by atoms with Crippen LogP contribution in [0.3, 0.4) is 0 Å². The van der Waals surface area contributed by atoms with Gasteiger partial charge in [-0.15, -0.1) is 23.4 Å². The molecule has 1 aromatic heterocycles. The van der Waals surface area contributed by atoms with Crippen LogP contribution in [-0.4, -0.2) is 32.3 Å². The fourth-order valence-corrected chi connectivity index (χ4v) is 3.11. The van der Waals surface area contributed by atoms with Crippen LogP contribution in [-0.2, 0) is 4.79 Å². The van der Waals surface area contributed by atoms with E-state index in [0.717, 1.165) is 17.8 Å². The Morgan fingerprint density at radius 1 is 1.14 bits per heavy atom. The third-order valence-corrected chi connectivity index (χ3v) is 4.61. The van der Waals surface area contributed by atoms with E-state index in [0.29, 0.717) is 10.8 Å². The lowest BCUT2D eigenvalue weighted by Gasteiger charge is -2.13. The molecule has 28 heavy (non-hydrogen) atoms. The largest absolute Gasteiger partial charge is 0.573 e. The van der Waals surface area contributed by atoms with E-state index < -0.39 is 11.6 Å². The quantitative estimate of drug-likeness (QED) is 0.617. The highest BCUT2D eigenvalue weighted by Crippen LogP contribution is 2.26. The number of nitrogens with one attached hydrogen (secondary N) is 1. The van der Waals surface area contributed by atoms with Crippen molar-refractivity contribution in [3.63, 3.8) is 0 Å². The van der Waals surface area contributed by atoms with Crippen molar-refractivity contribution in [2.75, 3.05) is 5.32 Å². The number of nitrogens with zero attached hydrogens (tertiary/aromatic N) is 3. The normalized spacial score (nSPS) is 12.4. The summed E-state index contributed by atoms with van der Waals surface area (Å²) in [6.07, 6.45) is -3.20. The van der Waals surface area contributed by atoms with Crippen LogP contribution in [0.1, 0.15) is 6.92 Å². The number of ether oxygens (including phenoxy) is 1. The van der Waals surface area contributed by atoms with Gasteiger partial charge in [0.05, 0.1) is 5.25 Å². The first-order valence-corrected chi connectivity index (χ1v) is 8.98. The van der Waals surface area contributed by atoms with E-state index in [9.17, 15) is 18.0 Å². The predicted octanol–water partition coefficient (Wildman–Crippen LogP) is 4.29. The van der Waals surface area contributed by atoms with Crippen LogP contribution in [0.5, 0.6) is 5.75 Å². The topological polar surface area (TPSA) is 69.0 Å². The Kier molecular flexibility index (Phi) is 5.88. The summed E-state index contributed by atoms with van der Waals surface area (Å²) in [4.78, 5) is 12.4. The molecule has 0 aliphatic heterocycles. The third-order valence-electron chi connectivity index (χ3n) is 3.56. The van der Waals surface area contributed by atoms with Crippen LogP contribution in [0.2, 0.25) is 0 Å². The molecule has 0 saturated heterocycles. The maximum atomic E-state index is 12.4. The number of carbonyl (C=O) groups is 1. The second-order valence-electron chi connectivity index (χ2n) is 5.64. The van der Waals surface area contributed by atoms with Gasteiger partial charge in [-0.1, -0.05) is 30.0 Å². The summed E-state index contributed by atoms with van der Waals surface area (Å²) in [6, 6.07) is 14.4. The van der Waals surface area contributed by atoms with Gasteiger partial charge in [0.25, 0.3) is 0 Å². The summed E-state index contributed by atoms with van der Waals surface area (Å²) in [5, 5.41) is 10.6. The maximum Gasteiger partial charge on any atom is 0.573 e. The van der Waals surface area contributed by atoms with Gasteiger partial charge in [-0.05, 0) is 43.3 Å². The average molecular weight is 408 g/mol. The zero-order chi connectivity index (χ0) is 20.1. The smallest absolute Gasteiger partial charge is 0.406 e. The van der Waals surface area contributed by atoms with Crippen molar-refractivity contribution in [1.82, 2.24) is 14.8 Å². The summed E-state index contributed by atoms with van der Waals surface area (Å²) >= 11 is 1.21. The van der Waals surface area contributed by atoms with Gasteiger partial charge in [-0.3, -0.25) is 9.36 Å². The number of carbonyl (C=O) groups excluding carboxylic acids is 1. The van der Waals surface area contributed by atoms with Crippen LogP contribution in [0.15, 0.2) is 66.1 Å². The number of hydrogen-bond acceptors (Lipinski definition) is 5. The van der Waals surface area contributed by atoms with Crippen molar-refractivity contribution >= 4 is 23.4 Å². The lowest BCUT2D eigenvalue weighted by molar-refractivity contribution is -0.274. The molecule has 0 aliphatic rings. The number of hydrogen-bond donors (Lipinski definition) is 1. The van der Waals surface area contributed by atoms with Crippen molar-refractivity contribution in [2.24, 2.45) is 0 Å². The molecule has 0 unspecified atom stereocenters. The molecule has 0 aliphatic carbocycles. The first-order valence-electron chi connectivity index (χ1n) is 8.10. The van der Waals surface area contributed by atoms with Crippen LogP contribution < -0.4 is 10.1 Å². The van der Waals surface area contributed by atoms with Crippen molar-refractivity contribution in [2.45, 2.75) is 23.7 Å². The van der Waals surface area contributed by atoms with E-state index in [4.69, 9.17) is 0 Å². The fraction of sp³-hybridized carbons (Fsp3) is 0.167. The highest BCUT2D eigenvalue weighted by molar-refractivity contribution is 8.00. The predicted molar refractivity (Wildman–Crippen MR) is 98.4 cm³/mol. The summed E-state index contributed by atoms with van der Waals surface area (Å²) < 4.78 is 42.1. The summed E-state index contributed by atoms with van der Waals surface area (Å²) in [6.45, 7) is 1.70. The van der Waals surface area contributed by atoms with Crippen LogP contribution >= 0.6 is 11.8 Å². The zero-order valence-corrected chi connectivity index (χ0v) is 15.4. The number of alkyl halides is 3. The fourth-order valence-electron chi connectivity index (χ4n) is 2.27. The van der Waals surface area contributed by atoms with E-state index in [1.807, 2.05) is 30.3 Å². The van der Waals surface area contributed by atoms with Gasteiger partial charge in [0, 0.05) is 11.4 Å². The summed E-state index contributed by atoms with van der Waals surface area (Å²) in [7, 11) is 0. The Bertz CT molecular complexity index is 930. The minimum absolute atomic E-state index is 0.322. The van der Waals surface area contributed by atoms with Crippen molar-refractivity contribution in [3.8, 4) is 11.4 Å². The van der Waals surface area contributed by atoms with E-state index in [2.05, 4.69) is 20.3 Å². The van der Waals surface area contributed by atoms with Gasteiger partial charge in [0.1, 0.15) is 12.1 Å². The molecular formula is C18H15F3N4O2S. The van der Waals surface area contributed by atoms with Gasteiger partial charge in [0.2, 0.25) is 5.91 Å². The lowest BCUT2D eigenvalue weighted by Crippen LogP contribution is -2.23. The number of amides is 1. The Labute approximate surface area is 162 Å². The monoisotopic (exact) mass is 408 g/mol. The average Bonchev–Trinajstić information content (AvgIpc) is 3.11. The molecule has 146 valence electrons. The lowest BCUT2D eigenvalue weighted by atomic mass is 10.3. The molecule has 2 aromatic carbocycles. The van der Waals surface area contributed by atoms with Gasteiger partial charge >= 0.3 is 6.36 Å². The highest BCUT2D eigenvalue weighted by atomic mass is 32.2. The van der Waals surface area contributed by atoms with E-state index in [1.54, 1.807) is 17.8 Å². The Morgan fingerprint density at radius 2 is 1.82 bits per heavy atom. The molecule has 0 radical (unpaired) electrons. The Hall–Kier alpha value is -3.01. The van der Waals surface area contributed by atoms with Crippen LogP contribution in [0, 0.1) is 0 Å². The first-order chi connectivity index (χ1) is 13.3. The standard InChI is InChI=1S/C18H15F3N4O2S/c1-12(28-17-24-22-11-25(17)14-5-3-2-4-6-14)16(26)23-13-7-9-15(10-8-13)27-18(19,20)21/h2-12H,1H3,(H,23,26)/t12-/m0/s1. The van der Waals surface area contributed by atoms with E-state index in [-0.39, 0.29) is 11.7 Å². The van der Waals surface area contributed by atoms with E-state index >= 15 is 0 Å². The van der Waals surface area contributed by atoms with Gasteiger partial charge in [0.15, 0.2) is 5.16 Å². The second kappa shape index (κ2) is 8.34. The number of halogens is 3. The molecule has 1 atom stereocenters. The van der Waals surface area contributed by atoms with Crippen molar-refractivity contribution < 1.29 is 22.7 Å². The van der Waals surface area contributed by atoms with Gasteiger partial charge < -0.3 is 10.1 Å². The molecule has 3 rings (SSSR count). The molecule has 0 saturated carbocycles. The number of para-hydroxylation sites is 1. The molecule has 1 heterocycles. The molecule has 10 heteroatoms. The molecular weight excluding hydrogens is 393 g/mol. The van der Waals surface area contributed by atoms with Crippen molar-refractivity contribution in [1.29, 1.82) is 0 Å². The molecule has 3 aromatic rings. The molecule has 0 bridgehead atoms. The number of aromatic nitrogens is 3. The van der Waals surface area contributed by atoms with Gasteiger partial charge in [-0.2, -0.15) is 0 Å². The second-order valence-corrected chi connectivity index (χ2v) is 6.95. The van der Waals surface area contributed by atoms with Gasteiger partial charge in [-0.25, -0.2) is 0 Å². The summed E-state index contributed by atoms with van der Waals surface area (Å²) in [5.74, 6) is -0.680. The number of rotatable bonds is 6. The summed E-state index contributed by atoms with van der Waals surface area (Å²) in [5.41, 5.74) is 1.22. The van der Waals surface area contributed by atoms with Crippen LogP contribution in [0.25, 0.3) is 5.69 Å². The molecule has 0 fully saturated rings. The third kappa shape index (κ3) is 5.26. The molecule has 0 spiro atoms. The Balaban J connectivity index is 1.62. The maximum absolute atomic E-state index is 12.4. The zero-order valence-electron chi connectivity index (χ0n) is 14.6. The number of thioether (sulfide) groups is 1. The number of benzene rings is 2. The van der Waals surface area contributed by atoms with Crippen molar-refractivity contribution in [3.05, 3.63) is 60.9 Å². The van der Waals surface area contributed by atoms with Crippen LogP contribution in [0.4, 0.5) is 18.9 Å². The molecule has 1 N–H and O–H groups in total. The first kappa shape index (κ1) is 19.7. The molecule has 1 amide bonds. The Morgan fingerprint density at radius 3 is 2.46 bits per heavy atom. The highest BCUT2D eigenvalue weighted by Gasteiger charge is 2.31. The minimum atomic E-state index is -4.76. The number of anilines is 1. The SMILES string of the molecule is C[C@H](Sc1nncn1-c1ccccc1)C(=O)Nc1ccc(OC(F)(F)F)cc1.